The van der Waals surface area contributed by atoms with Crippen LogP contribution in [0.3, 0.4) is 0 Å². The Bertz CT molecular complexity index is 873. The average molecular weight is 770 g/mol. The molecule has 9 heteroatoms. The van der Waals surface area contributed by atoms with E-state index in [0.29, 0.717) is 6.42 Å². The second-order valence-corrected chi connectivity index (χ2v) is 16.4. The predicted octanol–water partition coefficient (Wildman–Crippen LogP) is 9.19. The van der Waals surface area contributed by atoms with Crippen LogP contribution in [0, 0.1) is 5.92 Å². The fourth-order valence-electron chi connectivity index (χ4n) is 7.31. The second kappa shape index (κ2) is 35.1. The number of carbonyl (C=O) groups excluding carboxylic acids is 1. The Morgan fingerprint density at radius 2 is 1.17 bits per heavy atom. The van der Waals surface area contributed by atoms with Gasteiger partial charge in [-0.2, -0.15) is 0 Å². The number of unbranched alkanes of at least 4 members (excludes halogenated alkanes) is 24. The van der Waals surface area contributed by atoms with Gasteiger partial charge in [-0.25, -0.2) is 0 Å². The highest BCUT2D eigenvalue weighted by atomic mass is 16.7. The monoisotopic (exact) mass is 770 g/mol. The molecule has 1 fully saturated rings. The van der Waals surface area contributed by atoms with Gasteiger partial charge in [-0.15, -0.1) is 0 Å². The third kappa shape index (κ3) is 26.0. The van der Waals surface area contributed by atoms with Gasteiger partial charge in [0.05, 0.1) is 25.4 Å². The van der Waals surface area contributed by atoms with Gasteiger partial charge in [0, 0.05) is 6.42 Å². The van der Waals surface area contributed by atoms with Gasteiger partial charge < -0.3 is 40.3 Å². The number of amides is 1. The summed E-state index contributed by atoms with van der Waals surface area (Å²) >= 11 is 0. The number of nitrogens with one attached hydrogen (secondary N) is 1. The molecule has 0 bridgehead atoms. The molecule has 1 aliphatic heterocycles. The number of hydrogen-bond acceptors (Lipinski definition) is 8. The van der Waals surface area contributed by atoms with E-state index in [9.17, 15) is 30.3 Å². The van der Waals surface area contributed by atoms with Crippen LogP contribution in [0.2, 0.25) is 0 Å². The lowest BCUT2D eigenvalue weighted by Crippen LogP contribution is -2.60. The molecule has 6 N–H and O–H groups in total. The fourth-order valence-corrected chi connectivity index (χ4v) is 7.31. The highest BCUT2D eigenvalue weighted by Crippen LogP contribution is 2.23. The summed E-state index contributed by atoms with van der Waals surface area (Å²) in [6, 6.07) is -0.799. The van der Waals surface area contributed by atoms with Crippen molar-refractivity contribution in [1.29, 1.82) is 0 Å². The lowest BCUT2D eigenvalue weighted by molar-refractivity contribution is -0.302. The van der Waals surface area contributed by atoms with Crippen molar-refractivity contribution in [1.82, 2.24) is 5.32 Å². The van der Waals surface area contributed by atoms with Gasteiger partial charge in [-0.1, -0.05) is 193 Å². The first-order valence-electron chi connectivity index (χ1n) is 22.8. The second-order valence-electron chi connectivity index (χ2n) is 16.4. The number of aliphatic hydroxyl groups excluding tert-OH is 5. The predicted molar refractivity (Wildman–Crippen MR) is 221 cm³/mol. The molecule has 1 saturated heterocycles. The molecule has 0 aromatic rings. The maximum Gasteiger partial charge on any atom is 0.220 e. The Hall–Kier alpha value is -1.07. The van der Waals surface area contributed by atoms with Crippen LogP contribution in [0.15, 0.2) is 12.2 Å². The first-order chi connectivity index (χ1) is 26.2. The number of carbonyl (C=O) groups is 1. The summed E-state index contributed by atoms with van der Waals surface area (Å²) in [4.78, 5) is 12.9. The lowest BCUT2D eigenvalue weighted by Gasteiger charge is -2.40. The van der Waals surface area contributed by atoms with Gasteiger partial charge in [0.1, 0.15) is 24.4 Å². The Morgan fingerprint density at radius 3 is 1.67 bits per heavy atom. The van der Waals surface area contributed by atoms with E-state index in [1.165, 1.54) is 141 Å². The molecule has 0 spiro atoms. The molecule has 9 nitrogen and oxygen atoms in total. The SMILES string of the molecule is CCCCCCCCCCCCCCCCCCCCCC(=O)N[C@@H](CO[C@@H]1O[C@H](CO)[C@@H](O)[C@H](O)[C@H]1O)[C@H](O)/C=C/CCCCCCCCC(C)CC. The highest BCUT2D eigenvalue weighted by Gasteiger charge is 2.44. The van der Waals surface area contributed by atoms with Crippen molar-refractivity contribution in [2.75, 3.05) is 13.2 Å². The van der Waals surface area contributed by atoms with E-state index in [1.54, 1.807) is 6.08 Å². The molecule has 1 amide bonds. The topological polar surface area (TPSA) is 149 Å². The van der Waals surface area contributed by atoms with E-state index in [4.69, 9.17) is 9.47 Å². The van der Waals surface area contributed by atoms with E-state index in [1.807, 2.05) is 6.08 Å². The van der Waals surface area contributed by atoms with E-state index in [2.05, 4.69) is 26.1 Å². The Kier molecular flexibility index (Phi) is 33.1. The molecule has 1 rings (SSSR count). The minimum Gasteiger partial charge on any atom is -0.394 e. The van der Waals surface area contributed by atoms with Crippen LogP contribution in [0.5, 0.6) is 0 Å². The molecular weight excluding hydrogens is 682 g/mol. The third-order valence-electron chi connectivity index (χ3n) is 11.4. The van der Waals surface area contributed by atoms with Crippen molar-refractivity contribution in [2.45, 2.75) is 250 Å². The lowest BCUT2D eigenvalue weighted by atomic mass is 9.99. The van der Waals surface area contributed by atoms with Gasteiger partial charge in [0.25, 0.3) is 0 Å². The van der Waals surface area contributed by atoms with Crippen LogP contribution in [-0.2, 0) is 14.3 Å². The summed E-state index contributed by atoms with van der Waals surface area (Å²) in [5, 5.41) is 54.1. The molecule has 0 aromatic heterocycles. The summed E-state index contributed by atoms with van der Waals surface area (Å²) in [5.41, 5.74) is 0. The van der Waals surface area contributed by atoms with E-state index in [-0.39, 0.29) is 12.5 Å². The van der Waals surface area contributed by atoms with Crippen molar-refractivity contribution < 1.29 is 39.8 Å². The van der Waals surface area contributed by atoms with Crippen molar-refractivity contribution in [3.8, 4) is 0 Å². The molecule has 0 saturated carbocycles. The van der Waals surface area contributed by atoms with Gasteiger partial charge in [-0.05, 0) is 25.2 Å². The largest absolute Gasteiger partial charge is 0.394 e. The van der Waals surface area contributed by atoms with Gasteiger partial charge in [0.2, 0.25) is 5.91 Å². The van der Waals surface area contributed by atoms with Crippen molar-refractivity contribution >= 4 is 5.91 Å². The Balaban J connectivity index is 2.33. The summed E-state index contributed by atoms with van der Waals surface area (Å²) in [7, 11) is 0. The summed E-state index contributed by atoms with van der Waals surface area (Å²) in [5.74, 6) is 0.640. The van der Waals surface area contributed by atoms with Crippen molar-refractivity contribution in [2.24, 2.45) is 5.92 Å². The molecule has 0 aliphatic carbocycles. The summed E-state index contributed by atoms with van der Waals surface area (Å²) < 4.78 is 11.2. The minimum absolute atomic E-state index is 0.176. The highest BCUT2D eigenvalue weighted by molar-refractivity contribution is 5.76. The van der Waals surface area contributed by atoms with Crippen molar-refractivity contribution in [3.05, 3.63) is 12.2 Å². The molecule has 8 atom stereocenters. The number of aliphatic hydroxyl groups is 5. The average Bonchev–Trinajstić information content (AvgIpc) is 3.17. The molecule has 1 heterocycles. The maximum absolute atomic E-state index is 12.9. The van der Waals surface area contributed by atoms with Crippen LogP contribution in [0.1, 0.15) is 207 Å². The minimum atomic E-state index is -1.56. The molecule has 0 aromatic carbocycles. The van der Waals surface area contributed by atoms with Crippen LogP contribution in [-0.4, -0.2) is 87.5 Å². The third-order valence-corrected chi connectivity index (χ3v) is 11.4. The fraction of sp³-hybridized carbons (Fsp3) is 0.933. The van der Waals surface area contributed by atoms with E-state index < -0.39 is 49.5 Å². The zero-order valence-electron chi connectivity index (χ0n) is 35.2. The summed E-state index contributed by atoms with van der Waals surface area (Å²) in [6.45, 7) is 6.10. The smallest absolute Gasteiger partial charge is 0.220 e. The van der Waals surface area contributed by atoms with E-state index >= 15 is 0 Å². The van der Waals surface area contributed by atoms with Gasteiger partial charge >= 0.3 is 0 Å². The van der Waals surface area contributed by atoms with Gasteiger partial charge in [0.15, 0.2) is 6.29 Å². The van der Waals surface area contributed by atoms with Crippen LogP contribution in [0.25, 0.3) is 0 Å². The van der Waals surface area contributed by atoms with Crippen LogP contribution < -0.4 is 5.32 Å². The molecule has 1 unspecified atom stereocenters. The number of allylic oxidation sites excluding steroid dienone is 1. The Labute approximate surface area is 331 Å². The standard InChI is InChI=1S/C45H87NO8/c1-4-6-7-8-9-10-11-12-13-14-15-16-17-18-19-20-25-28-31-34-41(49)46-38(36-53-45-44(52)43(51)42(50)40(35-47)54-45)39(48)33-30-27-24-22-21-23-26-29-32-37(3)5-2/h30,33,37-40,42-45,47-48,50-52H,4-29,31-32,34-36H2,1-3H3,(H,46,49)/b33-30+/t37?,38-,39+,40+,42+,43-,44+,45+/m0/s1. The van der Waals surface area contributed by atoms with Crippen LogP contribution >= 0.6 is 0 Å². The first-order valence-corrected chi connectivity index (χ1v) is 22.8. The quantitative estimate of drug-likeness (QED) is 0.0271. The Morgan fingerprint density at radius 1 is 0.685 bits per heavy atom. The van der Waals surface area contributed by atoms with Gasteiger partial charge in [-0.3, -0.25) is 4.79 Å². The zero-order chi connectivity index (χ0) is 39.7. The summed E-state index contributed by atoms with van der Waals surface area (Å²) in [6.07, 6.45) is 31.1. The van der Waals surface area contributed by atoms with E-state index in [0.717, 1.165) is 44.4 Å². The molecule has 54 heavy (non-hydrogen) atoms. The molecule has 0 radical (unpaired) electrons. The number of hydrogen-bond donors (Lipinski definition) is 6. The molecule has 1 aliphatic rings. The molecular formula is C45H87NO8. The zero-order valence-corrected chi connectivity index (χ0v) is 35.2. The van der Waals surface area contributed by atoms with Crippen LogP contribution in [0.4, 0.5) is 0 Å². The first kappa shape index (κ1) is 50.9. The maximum atomic E-state index is 12.9. The number of ether oxygens (including phenoxy) is 2. The normalized spacial score (nSPS) is 22.1. The van der Waals surface area contributed by atoms with Crippen molar-refractivity contribution in [3.63, 3.8) is 0 Å². The number of rotatable bonds is 37. The molecule has 320 valence electrons.